The Bertz CT molecular complexity index is 620. The van der Waals surface area contributed by atoms with Gasteiger partial charge in [0, 0.05) is 45.8 Å². The van der Waals surface area contributed by atoms with Crippen molar-refractivity contribution in [3.63, 3.8) is 0 Å². The molecule has 4 fully saturated rings. The van der Waals surface area contributed by atoms with Crippen LogP contribution in [-0.2, 0) is 9.63 Å². The highest BCUT2D eigenvalue weighted by Crippen LogP contribution is 2.36. The van der Waals surface area contributed by atoms with E-state index in [2.05, 4.69) is 26.7 Å². The molecule has 4 heterocycles. The fraction of sp³-hybridized carbons (Fsp3) is 0.947. The van der Waals surface area contributed by atoms with Crippen LogP contribution < -0.4 is 26.7 Å². The van der Waals surface area contributed by atoms with Gasteiger partial charge in [0.15, 0.2) is 0 Å². The molecule has 5 N–H and O–H groups in total. The molecule has 9 nitrogen and oxygen atoms in total. The van der Waals surface area contributed by atoms with Gasteiger partial charge in [-0.1, -0.05) is 0 Å². The maximum absolute atomic E-state index is 13.4. The number of hydrogen-bond acceptors (Lipinski definition) is 8. The van der Waals surface area contributed by atoms with Gasteiger partial charge < -0.3 is 16.0 Å². The Morgan fingerprint density at radius 1 is 1.19 bits per heavy atom. The molecular formula is C19H34F3N7O2. The Morgan fingerprint density at radius 2 is 2.00 bits per heavy atom. The Balaban J connectivity index is 1.25. The largest absolute Gasteiger partial charge is 0.392 e. The molecule has 0 radical (unpaired) electrons. The zero-order chi connectivity index (χ0) is 22.0. The highest BCUT2D eigenvalue weighted by atomic mass is 19.4. The monoisotopic (exact) mass is 449 g/mol. The molecule has 6 unspecified atom stereocenters. The van der Waals surface area contributed by atoms with Crippen molar-refractivity contribution in [2.45, 2.75) is 49.7 Å². The van der Waals surface area contributed by atoms with E-state index in [1.807, 2.05) is 17.1 Å². The van der Waals surface area contributed by atoms with Crippen molar-refractivity contribution in [1.29, 1.82) is 0 Å². The molecule has 0 aromatic rings. The van der Waals surface area contributed by atoms with Crippen LogP contribution in [0.2, 0.25) is 0 Å². The van der Waals surface area contributed by atoms with Gasteiger partial charge in [0.25, 0.3) is 0 Å². The molecule has 4 rings (SSSR count). The smallest absolute Gasteiger partial charge is 0.349 e. The predicted octanol–water partition coefficient (Wildman–Crippen LogP) is -1.01. The van der Waals surface area contributed by atoms with Gasteiger partial charge in [-0.2, -0.15) is 18.7 Å². The number of rotatable bonds is 5. The second-order valence-electron chi connectivity index (χ2n) is 9.16. The molecule has 0 bridgehead atoms. The molecule has 4 aliphatic rings. The summed E-state index contributed by atoms with van der Waals surface area (Å²) in [5, 5.41) is 16.6. The van der Waals surface area contributed by atoms with Gasteiger partial charge in [-0.3, -0.25) is 14.9 Å². The summed E-state index contributed by atoms with van der Waals surface area (Å²) in [7, 11) is 1.86. The number of halogens is 3. The highest BCUT2D eigenvalue weighted by molar-refractivity contribution is 5.82. The van der Waals surface area contributed by atoms with Gasteiger partial charge in [-0.05, 0) is 38.4 Å². The molecule has 0 aromatic carbocycles. The van der Waals surface area contributed by atoms with Crippen LogP contribution in [0.15, 0.2) is 0 Å². The number of carbonyl (C=O) groups excluding carboxylic acids is 1. The molecule has 0 saturated carbocycles. The lowest BCUT2D eigenvalue weighted by Gasteiger charge is -2.37. The topological polar surface area (TPSA) is 92.9 Å². The van der Waals surface area contributed by atoms with Crippen molar-refractivity contribution in [2.75, 3.05) is 53.0 Å². The fourth-order valence-electron chi connectivity index (χ4n) is 5.18. The maximum atomic E-state index is 13.4. The Kier molecular flexibility index (Phi) is 7.36. The minimum absolute atomic E-state index is 0.0568. The Labute approximate surface area is 180 Å². The van der Waals surface area contributed by atoms with Crippen LogP contribution in [0.25, 0.3) is 0 Å². The van der Waals surface area contributed by atoms with Crippen LogP contribution in [0.5, 0.6) is 0 Å². The number of alkyl halides is 3. The molecule has 12 heteroatoms. The van der Waals surface area contributed by atoms with Crippen molar-refractivity contribution < 1.29 is 22.8 Å². The third-order valence-corrected chi connectivity index (χ3v) is 6.93. The van der Waals surface area contributed by atoms with Gasteiger partial charge in [-0.25, -0.2) is 10.0 Å². The number of amides is 1. The summed E-state index contributed by atoms with van der Waals surface area (Å²) in [6, 6.07) is -0.334. The summed E-state index contributed by atoms with van der Waals surface area (Å²) in [6.07, 6.45) is -2.58. The zero-order valence-corrected chi connectivity index (χ0v) is 17.9. The number of nitrogens with one attached hydrogen (secondary N) is 5. The predicted molar refractivity (Wildman–Crippen MR) is 107 cm³/mol. The molecule has 4 aliphatic heterocycles. The van der Waals surface area contributed by atoms with E-state index in [1.54, 1.807) is 0 Å². The van der Waals surface area contributed by atoms with Crippen molar-refractivity contribution >= 4 is 5.91 Å². The molecule has 4 saturated heterocycles. The van der Waals surface area contributed by atoms with E-state index < -0.39 is 24.1 Å². The normalized spacial score (nSPS) is 38.5. The number of hydrazine groups is 1. The van der Waals surface area contributed by atoms with Crippen LogP contribution in [0.4, 0.5) is 13.2 Å². The van der Waals surface area contributed by atoms with E-state index in [-0.39, 0.29) is 30.5 Å². The number of carbonyl (C=O) groups is 1. The molecule has 0 aliphatic carbocycles. The number of nitrogens with zero attached hydrogens (tertiary/aromatic N) is 2. The fourth-order valence-corrected chi connectivity index (χ4v) is 5.18. The maximum Gasteiger partial charge on any atom is 0.392 e. The first-order chi connectivity index (χ1) is 14.8. The van der Waals surface area contributed by atoms with E-state index in [0.717, 1.165) is 19.6 Å². The summed E-state index contributed by atoms with van der Waals surface area (Å²) in [5.74, 6) is -1.89. The molecular weight excluding hydrogens is 415 g/mol. The second-order valence-corrected chi connectivity index (χ2v) is 9.16. The number of hydroxylamine groups is 1. The van der Waals surface area contributed by atoms with E-state index in [4.69, 9.17) is 4.84 Å². The average molecular weight is 450 g/mol. The first-order valence-corrected chi connectivity index (χ1v) is 11.2. The third kappa shape index (κ3) is 5.67. The lowest BCUT2D eigenvalue weighted by Crippen LogP contribution is -2.50. The van der Waals surface area contributed by atoms with Crippen molar-refractivity contribution in [3.05, 3.63) is 0 Å². The molecule has 0 spiro atoms. The van der Waals surface area contributed by atoms with Crippen molar-refractivity contribution in [2.24, 2.45) is 11.8 Å². The highest BCUT2D eigenvalue weighted by Gasteiger charge is 2.47. The molecule has 0 aromatic heterocycles. The van der Waals surface area contributed by atoms with Gasteiger partial charge >= 0.3 is 6.18 Å². The zero-order valence-electron chi connectivity index (χ0n) is 17.9. The minimum atomic E-state index is -4.17. The van der Waals surface area contributed by atoms with E-state index in [1.165, 1.54) is 0 Å². The van der Waals surface area contributed by atoms with Crippen molar-refractivity contribution in [3.8, 4) is 0 Å². The summed E-state index contributed by atoms with van der Waals surface area (Å²) in [6.45, 7) is 3.84. The van der Waals surface area contributed by atoms with Gasteiger partial charge in [-0.15, -0.1) is 0 Å². The number of hydrogen-bond donors (Lipinski definition) is 5. The first-order valence-electron chi connectivity index (χ1n) is 11.2. The second kappa shape index (κ2) is 9.86. The lowest BCUT2D eigenvalue weighted by molar-refractivity contribution is -0.198. The van der Waals surface area contributed by atoms with Crippen LogP contribution >= 0.6 is 0 Å². The summed E-state index contributed by atoms with van der Waals surface area (Å²) in [5.41, 5.74) is 2.86. The Hall–Kier alpha value is -1.02. The van der Waals surface area contributed by atoms with Crippen LogP contribution in [-0.4, -0.2) is 99.3 Å². The van der Waals surface area contributed by atoms with Crippen LogP contribution in [0, 0.1) is 11.8 Å². The van der Waals surface area contributed by atoms with Gasteiger partial charge in [0.2, 0.25) is 5.91 Å². The van der Waals surface area contributed by atoms with E-state index in [9.17, 15) is 18.0 Å². The molecule has 6 atom stereocenters. The molecule has 178 valence electrons. The van der Waals surface area contributed by atoms with Crippen LogP contribution in [0.1, 0.15) is 19.3 Å². The SMILES string of the molecule is CN1CC(NC(=O)C2CC(C3CCNCN3)ON2)CN1CC1CNCCC1C(F)(F)F. The van der Waals surface area contributed by atoms with E-state index in [0.29, 0.717) is 39.1 Å². The van der Waals surface area contributed by atoms with Gasteiger partial charge in [0.1, 0.15) is 6.04 Å². The average Bonchev–Trinajstić information content (AvgIpc) is 3.36. The summed E-state index contributed by atoms with van der Waals surface area (Å²) < 4.78 is 40.2. The summed E-state index contributed by atoms with van der Waals surface area (Å²) >= 11 is 0. The minimum Gasteiger partial charge on any atom is -0.349 e. The summed E-state index contributed by atoms with van der Waals surface area (Å²) in [4.78, 5) is 18.4. The van der Waals surface area contributed by atoms with Crippen molar-refractivity contribution in [1.82, 2.24) is 36.8 Å². The quantitative estimate of drug-likeness (QED) is 0.365. The standard InChI is InChI=1S/C19H34F3N7O2/c1-28-9-13(10-29(28)8-12-7-23-4-2-14(12)19(20,21)22)26-18(30)16-6-17(31-27-16)15-3-5-24-11-25-15/h12-17,23-25,27H,2-11H2,1H3,(H,26,30). The first kappa shape index (κ1) is 23.1. The molecule has 1 amide bonds. The van der Waals surface area contributed by atoms with E-state index >= 15 is 0 Å². The Morgan fingerprint density at radius 3 is 2.74 bits per heavy atom. The number of likely N-dealkylation sites (N-methyl/N-ethyl adjacent to an activating group) is 1. The molecule has 31 heavy (non-hydrogen) atoms. The lowest BCUT2D eigenvalue weighted by atomic mass is 9.85. The third-order valence-electron chi connectivity index (χ3n) is 6.93. The number of piperidine rings is 1. The van der Waals surface area contributed by atoms with Gasteiger partial charge in [0.05, 0.1) is 18.1 Å². The van der Waals surface area contributed by atoms with Crippen LogP contribution in [0.3, 0.4) is 0 Å².